The molecule has 0 atom stereocenters. The first-order valence-electron chi connectivity index (χ1n) is 11.2. The highest BCUT2D eigenvalue weighted by Gasteiger charge is 2.29. The van der Waals surface area contributed by atoms with Crippen molar-refractivity contribution in [2.24, 2.45) is 0 Å². The summed E-state index contributed by atoms with van der Waals surface area (Å²) in [6.45, 7) is 3.73. The molecule has 0 radical (unpaired) electrons. The average Bonchev–Trinajstić information content (AvgIpc) is 2.82. The van der Waals surface area contributed by atoms with Crippen molar-refractivity contribution in [2.45, 2.75) is 25.7 Å². The van der Waals surface area contributed by atoms with Crippen molar-refractivity contribution in [3.63, 3.8) is 0 Å². The second kappa shape index (κ2) is 10.4. The largest absolute Gasteiger partial charge is 0.334 e. The number of rotatable bonds is 5. The number of hydrogen-bond donors (Lipinski definition) is 0. The van der Waals surface area contributed by atoms with Gasteiger partial charge < -0.3 is 9.80 Å². The van der Waals surface area contributed by atoms with E-state index in [1.165, 1.54) is 19.3 Å². The van der Waals surface area contributed by atoms with Gasteiger partial charge in [-0.05, 0) is 49.2 Å². The molecule has 4 nitrogen and oxygen atoms in total. The standard InChI is InChI=1S/C27H30N2O2/c30-26(14-17-28-15-8-3-9-16-28)29-20-24(18-22-10-4-1-5-11-22)27(31)25(21-29)19-23-12-6-2-7-13-23/h1-2,4-7,10-13,18-19H,3,8-9,14-17,20-21H2/b24-18-,25-19+. The van der Waals surface area contributed by atoms with Gasteiger partial charge in [0.25, 0.3) is 0 Å². The SMILES string of the molecule is O=C1/C(=C\c2ccccc2)CN(C(=O)CCN2CCCCC2)C/C1=C\c1ccccc1. The van der Waals surface area contributed by atoms with E-state index in [-0.39, 0.29) is 11.7 Å². The molecule has 2 aliphatic heterocycles. The highest BCUT2D eigenvalue weighted by molar-refractivity contribution is 6.15. The summed E-state index contributed by atoms with van der Waals surface area (Å²) in [7, 11) is 0. The van der Waals surface area contributed by atoms with Gasteiger partial charge in [-0.2, -0.15) is 0 Å². The van der Waals surface area contributed by atoms with Gasteiger partial charge in [-0.3, -0.25) is 9.59 Å². The molecule has 2 aromatic carbocycles. The van der Waals surface area contributed by atoms with Gasteiger partial charge in [0.05, 0.1) is 0 Å². The maximum absolute atomic E-state index is 13.2. The molecule has 0 unspecified atom stereocenters. The monoisotopic (exact) mass is 414 g/mol. The molecule has 2 fully saturated rings. The summed E-state index contributed by atoms with van der Waals surface area (Å²) in [6, 6.07) is 19.7. The fraction of sp³-hybridized carbons (Fsp3) is 0.333. The van der Waals surface area contributed by atoms with Crippen LogP contribution < -0.4 is 0 Å². The number of amides is 1. The van der Waals surface area contributed by atoms with Crippen molar-refractivity contribution >= 4 is 23.8 Å². The van der Waals surface area contributed by atoms with Gasteiger partial charge in [0.15, 0.2) is 5.78 Å². The summed E-state index contributed by atoms with van der Waals surface area (Å²) in [6.07, 6.45) is 8.09. The zero-order valence-corrected chi connectivity index (χ0v) is 18.0. The fourth-order valence-corrected chi connectivity index (χ4v) is 4.31. The summed E-state index contributed by atoms with van der Waals surface area (Å²) in [4.78, 5) is 30.5. The van der Waals surface area contributed by atoms with Crippen LogP contribution >= 0.6 is 0 Å². The van der Waals surface area contributed by atoms with E-state index < -0.39 is 0 Å². The Morgan fingerprint density at radius 1 is 0.774 bits per heavy atom. The van der Waals surface area contributed by atoms with Crippen LogP contribution in [0.5, 0.6) is 0 Å². The Labute approximate surface area is 184 Å². The molecular formula is C27H30N2O2. The number of carbonyl (C=O) groups is 2. The van der Waals surface area contributed by atoms with Crippen molar-refractivity contribution in [1.82, 2.24) is 9.80 Å². The van der Waals surface area contributed by atoms with Crippen LogP contribution in [0.1, 0.15) is 36.8 Å². The zero-order valence-electron chi connectivity index (χ0n) is 18.0. The topological polar surface area (TPSA) is 40.6 Å². The minimum Gasteiger partial charge on any atom is -0.334 e. The van der Waals surface area contributed by atoms with Gasteiger partial charge in [-0.25, -0.2) is 0 Å². The Balaban J connectivity index is 1.54. The van der Waals surface area contributed by atoms with Crippen LogP contribution in [0, 0.1) is 0 Å². The van der Waals surface area contributed by atoms with Gasteiger partial charge in [-0.1, -0.05) is 67.1 Å². The third-order valence-corrected chi connectivity index (χ3v) is 6.03. The van der Waals surface area contributed by atoms with E-state index in [1.807, 2.05) is 77.7 Å². The van der Waals surface area contributed by atoms with Crippen LogP contribution in [0.25, 0.3) is 12.2 Å². The van der Waals surface area contributed by atoms with Gasteiger partial charge in [0, 0.05) is 37.2 Å². The first-order chi connectivity index (χ1) is 15.2. The van der Waals surface area contributed by atoms with E-state index in [2.05, 4.69) is 4.90 Å². The van der Waals surface area contributed by atoms with Gasteiger partial charge in [0.1, 0.15) is 0 Å². The molecule has 4 rings (SSSR count). The Morgan fingerprint density at radius 2 is 1.29 bits per heavy atom. The summed E-state index contributed by atoms with van der Waals surface area (Å²) >= 11 is 0. The highest BCUT2D eigenvalue weighted by atomic mass is 16.2. The van der Waals surface area contributed by atoms with Gasteiger partial charge in [-0.15, -0.1) is 0 Å². The Bertz CT molecular complexity index is 896. The van der Waals surface area contributed by atoms with E-state index in [4.69, 9.17) is 0 Å². The molecule has 160 valence electrons. The molecule has 2 aliphatic rings. The Morgan fingerprint density at radius 3 is 1.81 bits per heavy atom. The molecule has 2 heterocycles. The molecular weight excluding hydrogens is 384 g/mol. The quantitative estimate of drug-likeness (QED) is 0.679. The molecule has 0 spiro atoms. The van der Waals surface area contributed by atoms with Gasteiger partial charge >= 0.3 is 0 Å². The molecule has 0 bridgehead atoms. The van der Waals surface area contributed by atoms with Gasteiger partial charge in [0.2, 0.25) is 5.91 Å². The second-order valence-corrected chi connectivity index (χ2v) is 8.39. The number of Topliss-reactive ketones (excluding diaryl/α,β-unsaturated/α-hetero) is 1. The Kier molecular flexibility index (Phi) is 7.11. The van der Waals surface area contributed by atoms with E-state index in [0.717, 1.165) is 30.8 Å². The maximum atomic E-state index is 13.2. The molecule has 0 aromatic heterocycles. The minimum absolute atomic E-state index is 0.0350. The highest BCUT2D eigenvalue weighted by Crippen LogP contribution is 2.23. The van der Waals surface area contributed by atoms with Crippen molar-refractivity contribution in [3.05, 3.63) is 82.9 Å². The third kappa shape index (κ3) is 5.80. The van der Waals surface area contributed by atoms with Crippen LogP contribution in [0.15, 0.2) is 71.8 Å². The van der Waals surface area contributed by atoms with Crippen LogP contribution in [-0.2, 0) is 9.59 Å². The molecule has 0 saturated carbocycles. The lowest BCUT2D eigenvalue weighted by Gasteiger charge is -2.31. The number of carbonyl (C=O) groups excluding carboxylic acids is 2. The lowest BCUT2D eigenvalue weighted by atomic mass is 9.94. The third-order valence-electron chi connectivity index (χ3n) is 6.03. The Hall–Kier alpha value is -2.98. The normalized spacial score (nSPS) is 20.4. The van der Waals surface area contributed by atoms with Crippen LogP contribution in [-0.4, -0.2) is 54.2 Å². The van der Waals surface area contributed by atoms with Crippen molar-refractivity contribution in [2.75, 3.05) is 32.7 Å². The zero-order chi connectivity index (χ0) is 21.5. The molecule has 2 saturated heterocycles. The fourth-order valence-electron chi connectivity index (χ4n) is 4.31. The minimum atomic E-state index is 0.0350. The van der Waals surface area contributed by atoms with Crippen molar-refractivity contribution in [1.29, 1.82) is 0 Å². The predicted molar refractivity (Wildman–Crippen MR) is 125 cm³/mol. The van der Waals surface area contributed by atoms with Crippen molar-refractivity contribution < 1.29 is 9.59 Å². The lowest BCUT2D eigenvalue weighted by molar-refractivity contribution is -0.131. The van der Waals surface area contributed by atoms with Crippen LogP contribution in [0.2, 0.25) is 0 Å². The predicted octanol–water partition coefficient (Wildman–Crippen LogP) is 4.44. The molecule has 0 N–H and O–H groups in total. The number of piperidine rings is 2. The number of nitrogens with zero attached hydrogens (tertiary/aromatic N) is 2. The summed E-state index contributed by atoms with van der Waals surface area (Å²) in [5.74, 6) is 0.156. The maximum Gasteiger partial charge on any atom is 0.224 e. The van der Waals surface area contributed by atoms with Crippen LogP contribution in [0.3, 0.4) is 0 Å². The van der Waals surface area contributed by atoms with Crippen LogP contribution in [0.4, 0.5) is 0 Å². The summed E-state index contributed by atoms with van der Waals surface area (Å²) in [5.41, 5.74) is 3.30. The smallest absolute Gasteiger partial charge is 0.224 e. The van der Waals surface area contributed by atoms with E-state index in [9.17, 15) is 9.59 Å². The van der Waals surface area contributed by atoms with E-state index in [1.54, 1.807) is 0 Å². The number of likely N-dealkylation sites (tertiary alicyclic amines) is 2. The number of ketones is 1. The first-order valence-corrected chi connectivity index (χ1v) is 11.2. The average molecular weight is 415 g/mol. The molecule has 4 heteroatoms. The second-order valence-electron chi connectivity index (χ2n) is 8.39. The first kappa shape index (κ1) is 21.3. The van der Waals surface area contributed by atoms with E-state index in [0.29, 0.717) is 30.7 Å². The number of benzene rings is 2. The summed E-state index contributed by atoms with van der Waals surface area (Å²) in [5, 5.41) is 0. The number of hydrogen-bond acceptors (Lipinski definition) is 3. The molecule has 0 aliphatic carbocycles. The summed E-state index contributed by atoms with van der Waals surface area (Å²) < 4.78 is 0. The van der Waals surface area contributed by atoms with E-state index >= 15 is 0 Å². The van der Waals surface area contributed by atoms with Crippen molar-refractivity contribution in [3.8, 4) is 0 Å². The molecule has 31 heavy (non-hydrogen) atoms. The molecule has 1 amide bonds. The molecule has 2 aromatic rings. The lowest BCUT2D eigenvalue weighted by Crippen LogP contribution is -2.43.